The predicted molar refractivity (Wildman–Crippen MR) is 144 cm³/mol. The minimum Gasteiger partial charge on any atom is -0.379 e. The van der Waals surface area contributed by atoms with Gasteiger partial charge in [0.05, 0.1) is 33.0 Å². The summed E-state index contributed by atoms with van der Waals surface area (Å²) in [5, 5.41) is 3.49. The van der Waals surface area contributed by atoms with E-state index in [1.54, 1.807) is 0 Å². The van der Waals surface area contributed by atoms with Gasteiger partial charge in [-0.2, -0.15) is 0 Å². The number of rotatable bonds is 8. The highest BCUT2D eigenvalue weighted by Crippen LogP contribution is 2.17. The molecule has 33 heavy (non-hydrogen) atoms. The molecule has 0 aromatic heterocycles. The third-order valence-electron chi connectivity index (χ3n) is 6.14. The van der Waals surface area contributed by atoms with E-state index in [0.29, 0.717) is 25.8 Å². The van der Waals surface area contributed by atoms with E-state index in [-0.39, 0.29) is 24.0 Å². The summed E-state index contributed by atoms with van der Waals surface area (Å²) in [6, 6.07) is 19.5. The average Bonchev–Trinajstić information content (AvgIpc) is 3.34. The van der Waals surface area contributed by atoms with Gasteiger partial charge in [-0.05, 0) is 30.0 Å². The van der Waals surface area contributed by atoms with Crippen LogP contribution < -0.4 is 5.32 Å². The molecule has 1 N–H and O–H groups in total. The van der Waals surface area contributed by atoms with Crippen molar-refractivity contribution >= 4 is 29.9 Å². The molecule has 180 valence electrons. The van der Waals surface area contributed by atoms with Crippen LogP contribution >= 0.6 is 24.0 Å². The second-order valence-electron chi connectivity index (χ2n) is 8.51. The van der Waals surface area contributed by atoms with Gasteiger partial charge in [0, 0.05) is 38.8 Å². The number of halogens is 1. The van der Waals surface area contributed by atoms with Crippen molar-refractivity contribution < 1.29 is 9.47 Å². The molecule has 2 heterocycles. The summed E-state index contributed by atoms with van der Waals surface area (Å²) < 4.78 is 11.4. The summed E-state index contributed by atoms with van der Waals surface area (Å²) in [4.78, 5) is 9.95. The molecule has 2 aliphatic heterocycles. The van der Waals surface area contributed by atoms with Gasteiger partial charge in [0.15, 0.2) is 5.96 Å². The Morgan fingerprint density at radius 2 is 1.73 bits per heavy atom. The molecule has 0 aliphatic carbocycles. The van der Waals surface area contributed by atoms with Gasteiger partial charge in [-0.25, -0.2) is 4.99 Å². The molecule has 0 amide bonds. The van der Waals surface area contributed by atoms with Crippen molar-refractivity contribution in [2.45, 2.75) is 39.1 Å². The summed E-state index contributed by atoms with van der Waals surface area (Å²) >= 11 is 0. The van der Waals surface area contributed by atoms with Crippen molar-refractivity contribution in [3.8, 4) is 0 Å². The maximum absolute atomic E-state index is 5.91. The number of morpholine rings is 1. The number of nitrogens with zero attached hydrogens (tertiary/aromatic N) is 3. The fourth-order valence-corrected chi connectivity index (χ4v) is 4.45. The molecule has 0 saturated carbocycles. The molecular formula is C26H37IN4O2. The number of benzene rings is 2. The van der Waals surface area contributed by atoms with E-state index in [1.807, 2.05) is 18.2 Å². The van der Waals surface area contributed by atoms with Crippen LogP contribution in [0.15, 0.2) is 59.6 Å². The lowest BCUT2D eigenvalue weighted by molar-refractivity contribution is 0.0195. The average molecular weight is 565 g/mol. The van der Waals surface area contributed by atoms with Crippen LogP contribution in [0.4, 0.5) is 0 Å². The van der Waals surface area contributed by atoms with E-state index in [4.69, 9.17) is 14.5 Å². The molecule has 6 nitrogen and oxygen atoms in total. The Morgan fingerprint density at radius 1 is 1.00 bits per heavy atom. The molecule has 2 aromatic rings. The van der Waals surface area contributed by atoms with Crippen molar-refractivity contribution in [1.82, 2.24) is 15.1 Å². The Hall–Kier alpha value is -1.68. The van der Waals surface area contributed by atoms with Crippen LogP contribution in [0.2, 0.25) is 0 Å². The number of nitrogens with one attached hydrogen (secondary N) is 1. The smallest absolute Gasteiger partial charge is 0.194 e. The summed E-state index contributed by atoms with van der Waals surface area (Å²) in [7, 11) is 0. The highest BCUT2D eigenvalue weighted by atomic mass is 127. The van der Waals surface area contributed by atoms with Crippen LogP contribution in [0.25, 0.3) is 0 Å². The molecule has 0 spiro atoms. The van der Waals surface area contributed by atoms with E-state index >= 15 is 0 Å². The third kappa shape index (κ3) is 7.95. The van der Waals surface area contributed by atoms with Crippen LogP contribution in [0, 0.1) is 0 Å². The third-order valence-corrected chi connectivity index (χ3v) is 6.14. The first-order chi connectivity index (χ1) is 15.8. The molecule has 2 aromatic carbocycles. The largest absolute Gasteiger partial charge is 0.379 e. The van der Waals surface area contributed by atoms with E-state index in [0.717, 1.165) is 51.9 Å². The molecule has 0 bridgehead atoms. The number of hydrogen-bond acceptors (Lipinski definition) is 4. The summed E-state index contributed by atoms with van der Waals surface area (Å²) in [5.41, 5.74) is 3.60. The second kappa shape index (κ2) is 13.9. The molecule has 1 atom stereocenters. The SMILES string of the molecule is CCNC(=NCc1cccc(COCc2ccccc2)c1)N1CCC(N2CCOCC2)C1.I. The Bertz CT molecular complexity index is 858. The van der Waals surface area contributed by atoms with Crippen molar-refractivity contribution in [3.05, 3.63) is 71.3 Å². The molecule has 2 aliphatic rings. The zero-order valence-corrected chi connectivity index (χ0v) is 21.9. The number of likely N-dealkylation sites (tertiary alicyclic amines) is 1. The lowest BCUT2D eigenvalue weighted by atomic mass is 10.1. The number of guanidine groups is 1. The monoisotopic (exact) mass is 564 g/mol. The van der Waals surface area contributed by atoms with E-state index in [1.165, 1.54) is 23.1 Å². The molecule has 2 fully saturated rings. The topological polar surface area (TPSA) is 49.3 Å². The second-order valence-corrected chi connectivity index (χ2v) is 8.51. The Labute approximate surface area is 215 Å². The van der Waals surface area contributed by atoms with Crippen LogP contribution in [0.5, 0.6) is 0 Å². The van der Waals surface area contributed by atoms with Gasteiger partial charge in [0.1, 0.15) is 0 Å². The molecule has 4 rings (SSSR count). The predicted octanol–water partition coefficient (Wildman–Crippen LogP) is 3.89. The van der Waals surface area contributed by atoms with Gasteiger partial charge in [0.25, 0.3) is 0 Å². The quantitative estimate of drug-likeness (QED) is 0.300. The fraction of sp³-hybridized carbons (Fsp3) is 0.500. The van der Waals surface area contributed by atoms with E-state index < -0.39 is 0 Å². The maximum Gasteiger partial charge on any atom is 0.194 e. The zero-order valence-electron chi connectivity index (χ0n) is 19.6. The normalized spacial score (nSPS) is 19.4. The Kier molecular flexibility index (Phi) is 10.9. The van der Waals surface area contributed by atoms with Gasteiger partial charge >= 0.3 is 0 Å². The minimum atomic E-state index is 0. The van der Waals surface area contributed by atoms with Gasteiger partial charge in [-0.15, -0.1) is 24.0 Å². The highest BCUT2D eigenvalue weighted by molar-refractivity contribution is 14.0. The van der Waals surface area contributed by atoms with E-state index in [2.05, 4.69) is 58.4 Å². The molecule has 1 unspecified atom stereocenters. The van der Waals surface area contributed by atoms with Gasteiger partial charge in [-0.1, -0.05) is 54.6 Å². The van der Waals surface area contributed by atoms with Crippen LogP contribution in [0.1, 0.15) is 30.0 Å². The summed E-state index contributed by atoms with van der Waals surface area (Å²) in [6.07, 6.45) is 1.19. The summed E-state index contributed by atoms with van der Waals surface area (Å²) in [5.74, 6) is 1.02. The minimum absolute atomic E-state index is 0. The first-order valence-corrected chi connectivity index (χ1v) is 11.9. The van der Waals surface area contributed by atoms with Crippen LogP contribution in [-0.4, -0.2) is 67.7 Å². The molecule has 7 heteroatoms. The lowest BCUT2D eigenvalue weighted by Crippen LogP contribution is -2.46. The summed E-state index contributed by atoms with van der Waals surface area (Å²) in [6.45, 7) is 10.8. The fourth-order valence-electron chi connectivity index (χ4n) is 4.45. The van der Waals surface area contributed by atoms with Gasteiger partial charge in [-0.3, -0.25) is 4.90 Å². The first kappa shape index (κ1) is 25.9. The van der Waals surface area contributed by atoms with Crippen LogP contribution in [0.3, 0.4) is 0 Å². The molecular weight excluding hydrogens is 527 g/mol. The van der Waals surface area contributed by atoms with Gasteiger partial charge < -0.3 is 19.7 Å². The maximum atomic E-state index is 5.91. The zero-order chi connectivity index (χ0) is 22.0. The van der Waals surface area contributed by atoms with Crippen molar-refractivity contribution in [2.75, 3.05) is 45.9 Å². The molecule has 2 saturated heterocycles. The first-order valence-electron chi connectivity index (χ1n) is 11.9. The molecule has 0 radical (unpaired) electrons. The number of aliphatic imine (C=N–C) groups is 1. The lowest BCUT2D eigenvalue weighted by Gasteiger charge is -2.32. The Morgan fingerprint density at radius 3 is 2.52 bits per heavy atom. The van der Waals surface area contributed by atoms with Crippen LogP contribution in [-0.2, 0) is 29.2 Å². The van der Waals surface area contributed by atoms with Crippen molar-refractivity contribution in [3.63, 3.8) is 0 Å². The Balaban J connectivity index is 0.00000306. The van der Waals surface area contributed by atoms with Gasteiger partial charge in [0.2, 0.25) is 0 Å². The standard InChI is InChI=1S/C26H36N4O2.HI/c1-2-27-26(30-12-11-25(19-30)29-13-15-31-16-14-29)28-18-23-9-6-10-24(17-23)21-32-20-22-7-4-3-5-8-22;/h3-10,17,25H,2,11-16,18-21H2,1H3,(H,27,28);1H. The highest BCUT2D eigenvalue weighted by Gasteiger charge is 2.30. The van der Waals surface area contributed by atoms with Crippen molar-refractivity contribution in [2.24, 2.45) is 4.99 Å². The van der Waals surface area contributed by atoms with E-state index in [9.17, 15) is 0 Å². The number of ether oxygens (including phenoxy) is 2. The number of hydrogen-bond donors (Lipinski definition) is 1. The van der Waals surface area contributed by atoms with Crippen molar-refractivity contribution in [1.29, 1.82) is 0 Å².